The van der Waals surface area contributed by atoms with Gasteiger partial charge in [0.2, 0.25) is 0 Å². The van der Waals surface area contributed by atoms with Gasteiger partial charge in [-0.25, -0.2) is 0 Å². The lowest BCUT2D eigenvalue weighted by Gasteiger charge is -2.09. The second kappa shape index (κ2) is 5.10. The second-order valence-electron chi connectivity index (χ2n) is 3.85. The molecule has 2 rings (SSSR count). The van der Waals surface area contributed by atoms with Crippen molar-refractivity contribution in [2.75, 3.05) is 18.2 Å². The molecule has 0 saturated carbocycles. The molecule has 1 heterocycles. The number of benzene rings is 1. The second-order valence-corrected chi connectivity index (χ2v) is 4.76. The molecule has 2 aromatic rings. The van der Waals surface area contributed by atoms with Gasteiger partial charge < -0.3 is 15.8 Å². The highest BCUT2D eigenvalue weighted by Crippen LogP contribution is 2.26. The molecular formula is C13H14N2O2S. The molecular weight excluding hydrogens is 248 g/mol. The average Bonchev–Trinajstić information content (AvgIpc) is 2.81. The Hall–Kier alpha value is -2.01. The molecule has 1 aromatic heterocycles. The van der Waals surface area contributed by atoms with E-state index in [4.69, 9.17) is 10.5 Å². The van der Waals surface area contributed by atoms with Crippen molar-refractivity contribution in [2.45, 2.75) is 6.92 Å². The van der Waals surface area contributed by atoms with E-state index < -0.39 is 0 Å². The Balaban J connectivity index is 2.21. The number of carbonyl (C=O) groups is 1. The van der Waals surface area contributed by atoms with Gasteiger partial charge in [-0.05, 0) is 42.1 Å². The van der Waals surface area contributed by atoms with E-state index in [-0.39, 0.29) is 5.91 Å². The number of aryl methyl sites for hydroxylation is 1. The first-order valence-electron chi connectivity index (χ1n) is 5.41. The van der Waals surface area contributed by atoms with Gasteiger partial charge in [0.05, 0.1) is 7.11 Å². The summed E-state index contributed by atoms with van der Waals surface area (Å²) in [6.07, 6.45) is 0. The van der Waals surface area contributed by atoms with Crippen molar-refractivity contribution >= 4 is 28.6 Å². The Morgan fingerprint density at radius 3 is 2.83 bits per heavy atom. The van der Waals surface area contributed by atoms with E-state index in [1.165, 1.54) is 11.3 Å². The molecule has 1 amide bonds. The SMILES string of the molecule is COc1ccsc1C(=O)Nc1ccc(N)cc1C. The summed E-state index contributed by atoms with van der Waals surface area (Å²) in [4.78, 5) is 12.6. The number of nitrogens with one attached hydrogen (secondary N) is 1. The van der Waals surface area contributed by atoms with E-state index in [0.29, 0.717) is 16.3 Å². The Morgan fingerprint density at radius 2 is 2.17 bits per heavy atom. The average molecular weight is 262 g/mol. The maximum atomic E-state index is 12.1. The lowest BCUT2D eigenvalue weighted by Crippen LogP contribution is -2.12. The summed E-state index contributed by atoms with van der Waals surface area (Å²) in [7, 11) is 1.55. The van der Waals surface area contributed by atoms with Crippen LogP contribution >= 0.6 is 11.3 Å². The van der Waals surface area contributed by atoms with E-state index in [1.54, 1.807) is 25.3 Å². The molecule has 0 aliphatic heterocycles. The van der Waals surface area contributed by atoms with Crippen molar-refractivity contribution in [2.24, 2.45) is 0 Å². The van der Waals surface area contributed by atoms with E-state index in [9.17, 15) is 4.79 Å². The summed E-state index contributed by atoms with van der Waals surface area (Å²) in [6.45, 7) is 1.90. The minimum Gasteiger partial charge on any atom is -0.495 e. The van der Waals surface area contributed by atoms with Crippen molar-refractivity contribution in [3.8, 4) is 5.75 Å². The molecule has 0 aliphatic rings. The van der Waals surface area contributed by atoms with E-state index in [2.05, 4.69) is 5.32 Å². The largest absolute Gasteiger partial charge is 0.495 e. The van der Waals surface area contributed by atoms with Gasteiger partial charge in [-0.3, -0.25) is 4.79 Å². The quantitative estimate of drug-likeness (QED) is 0.836. The molecule has 0 aliphatic carbocycles. The number of thiophene rings is 1. The van der Waals surface area contributed by atoms with E-state index in [1.807, 2.05) is 18.4 Å². The van der Waals surface area contributed by atoms with Gasteiger partial charge >= 0.3 is 0 Å². The fraction of sp³-hybridized carbons (Fsp3) is 0.154. The molecule has 4 nitrogen and oxygen atoms in total. The molecule has 0 atom stereocenters. The number of anilines is 2. The molecule has 94 valence electrons. The monoisotopic (exact) mass is 262 g/mol. The van der Waals surface area contributed by atoms with E-state index in [0.717, 1.165) is 11.3 Å². The summed E-state index contributed by atoms with van der Waals surface area (Å²) in [6, 6.07) is 7.15. The van der Waals surface area contributed by atoms with Crippen LogP contribution in [0.4, 0.5) is 11.4 Å². The molecule has 18 heavy (non-hydrogen) atoms. The van der Waals surface area contributed by atoms with Gasteiger partial charge in [0.25, 0.3) is 5.91 Å². The van der Waals surface area contributed by atoms with Gasteiger partial charge in [-0.1, -0.05) is 0 Å². The lowest BCUT2D eigenvalue weighted by atomic mass is 10.2. The van der Waals surface area contributed by atoms with Crippen LogP contribution < -0.4 is 15.8 Å². The molecule has 0 unspecified atom stereocenters. The molecule has 0 bridgehead atoms. The zero-order chi connectivity index (χ0) is 13.1. The van der Waals surface area contributed by atoms with Gasteiger partial charge in [-0.15, -0.1) is 11.3 Å². The van der Waals surface area contributed by atoms with Gasteiger partial charge in [-0.2, -0.15) is 0 Å². The predicted octanol–water partition coefficient (Wildman–Crippen LogP) is 2.90. The van der Waals surface area contributed by atoms with Crippen LogP contribution in [0.5, 0.6) is 5.75 Å². The number of rotatable bonds is 3. The summed E-state index contributed by atoms with van der Waals surface area (Å²) < 4.78 is 5.12. The number of nitrogens with two attached hydrogens (primary N) is 1. The first kappa shape index (κ1) is 12.4. The number of hydrogen-bond donors (Lipinski definition) is 2. The fourth-order valence-electron chi connectivity index (χ4n) is 1.63. The zero-order valence-corrected chi connectivity index (χ0v) is 11.0. The molecule has 0 fully saturated rings. The minimum atomic E-state index is -0.172. The number of amides is 1. The van der Waals surface area contributed by atoms with Crippen LogP contribution in [0.1, 0.15) is 15.2 Å². The van der Waals surface area contributed by atoms with Crippen molar-refractivity contribution in [3.05, 3.63) is 40.1 Å². The molecule has 3 N–H and O–H groups in total. The molecule has 0 spiro atoms. The van der Waals surface area contributed by atoms with Crippen molar-refractivity contribution in [3.63, 3.8) is 0 Å². The van der Waals surface area contributed by atoms with Crippen LogP contribution in [0.3, 0.4) is 0 Å². The number of methoxy groups -OCH3 is 1. The molecule has 5 heteroatoms. The highest BCUT2D eigenvalue weighted by molar-refractivity contribution is 7.12. The highest BCUT2D eigenvalue weighted by atomic mass is 32.1. The summed E-state index contributed by atoms with van der Waals surface area (Å²) in [5.41, 5.74) is 8.03. The fourth-order valence-corrected chi connectivity index (χ4v) is 2.38. The van der Waals surface area contributed by atoms with Crippen molar-refractivity contribution in [1.29, 1.82) is 0 Å². The van der Waals surface area contributed by atoms with Crippen LogP contribution in [0.2, 0.25) is 0 Å². The zero-order valence-electron chi connectivity index (χ0n) is 10.2. The Bertz CT molecular complexity index is 578. The number of nitrogen functional groups attached to an aromatic ring is 1. The Labute approximate surface area is 109 Å². The highest BCUT2D eigenvalue weighted by Gasteiger charge is 2.14. The van der Waals surface area contributed by atoms with Crippen molar-refractivity contribution in [1.82, 2.24) is 0 Å². The number of hydrogen-bond acceptors (Lipinski definition) is 4. The standard InChI is InChI=1S/C13H14N2O2S/c1-8-7-9(14)3-4-10(8)15-13(16)12-11(17-2)5-6-18-12/h3-7H,14H2,1-2H3,(H,15,16). The maximum absolute atomic E-state index is 12.1. The Kier molecular flexibility index (Phi) is 3.53. The lowest BCUT2D eigenvalue weighted by molar-refractivity contribution is 0.102. The normalized spacial score (nSPS) is 10.1. The molecule has 0 radical (unpaired) electrons. The number of carbonyl (C=O) groups excluding carboxylic acids is 1. The third kappa shape index (κ3) is 2.46. The van der Waals surface area contributed by atoms with Crippen LogP contribution in [0, 0.1) is 6.92 Å². The summed E-state index contributed by atoms with van der Waals surface area (Å²) in [5, 5.41) is 4.67. The first-order valence-corrected chi connectivity index (χ1v) is 6.28. The maximum Gasteiger partial charge on any atom is 0.269 e. The third-order valence-electron chi connectivity index (χ3n) is 2.55. The molecule has 1 aromatic carbocycles. The van der Waals surface area contributed by atoms with Gasteiger partial charge in [0, 0.05) is 11.4 Å². The molecule has 0 saturated heterocycles. The summed E-state index contributed by atoms with van der Waals surface area (Å²) in [5.74, 6) is 0.417. The van der Waals surface area contributed by atoms with Crippen LogP contribution in [-0.4, -0.2) is 13.0 Å². The van der Waals surface area contributed by atoms with Crippen molar-refractivity contribution < 1.29 is 9.53 Å². The van der Waals surface area contributed by atoms with Crippen LogP contribution in [0.25, 0.3) is 0 Å². The first-order chi connectivity index (χ1) is 8.61. The minimum absolute atomic E-state index is 0.172. The van der Waals surface area contributed by atoms with Crippen LogP contribution in [-0.2, 0) is 0 Å². The third-order valence-corrected chi connectivity index (χ3v) is 3.45. The smallest absolute Gasteiger partial charge is 0.269 e. The van der Waals surface area contributed by atoms with Crippen LogP contribution in [0.15, 0.2) is 29.6 Å². The van der Waals surface area contributed by atoms with Gasteiger partial charge in [0.1, 0.15) is 10.6 Å². The van der Waals surface area contributed by atoms with Gasteiger partial charge in [0.15, 0.2) is 0 Å². The number of ether oxygens (including phenoxy) is 1. The summed E-state index contributed by atoms with van der Waals surface area (Å²) >= 11 is 1.35. The topological polar surface area (TPSA) is 64.3 Å². The predicted molar refractivity (Wildman–Crippen MR) is 74.4 cm³/mol. The van der Waals surface area contributed by atoms with E-state index >= 15 is 0 Å². The Morgan fingerprint density at radius 1 is 1.39 bits per heavy atom.